The van der Waals surface area contributed by atoms with Crippen molar-refractivity contribution in [3.05, 3.63) is 23.2 Å². The predicted molar refractivity (Wildman–Crippen MR) is 89.3 cm³/mol. The topological polar surface area (TPSA) is 77.2 Å². The summed E-state index contributed by atoms with van der Waals surface area (Å²) < 4.78 is 6.71. The van der Waals surface area contributed by atoms with Gasteiger partial charge in [0.1, 0.15) is 6.10 Å². The van der Waals surface area contributed by atoms with Gasteiger partial charge in [0.05, 0.1) is 21.3 Å². The van der Waals surface area contributed by atoms with Crippen LogP contribution in [0.4, 0.5) is 5.69 Å². The van der Waals surface area contributed by atoms with Gasteiger partial charge in [-0.05, 0) is 31.0 Å². The number of fused-ring (bicyclic) bond motifs is 1. The van der Waals surface area contributed by atoms with E-state index >= 15 is 0 Å². The molecule has 22 heavy (non-hydrogen) atoms. The van der Waals surface area contributed by atoms with E-state index in [1.54, 1.807) is 11.3 Å². The minimum atomic E-state index is -0.392. The zero-order chi connectivity index (χ0) is 15.7. The van der Waals surface area contributed by atoms with Gasteiger partial charge < -0.3 is 15.8 Å². The molecule has 1 fully saturated rings. The summed E-state index contributed by atoms with van der Waals surface area (Å²) in [6.07, 6.45) is 1.19. The molecule has 1 amide bonds. The van der Waals surface area contributed by atoms with E-state index in [0.29, 0.717) is 12.5 Å². The van der Waals surface area contributed by atoms with Crippen LogP contribution in [0.3, 0.4) is 0 Å². The molecule has 2 aromatic rings. The maximum absolute atomic E-state index is 12.2. The van der Waals surface area contributed by atoms with E-state index in [9.17, 15) is 4.79 Å². The van der Waals surface area contributed by atoms with Crippen LogP contribution in [-0.2, 0) is 9.53 Å². The molecular formula is C16H21N3O2S. The number of aromatic nitrogens is 1. The summed E-state index contributed by atoms with van der Waals surface area (Å²) in [4.78, 5) is 16.8. The van der Waals surface area contributed by atoms with Crippen molar-refractivity contribution in [2.24, 2.45) is 5.73 Å². The summed E-state index contributed by atoms with van der Waals surface area (Å²) in [7, 11) is 0. The van der Waals surface area contributed by atoms with Crippen LogP contribution in [-0.4, -0.2) is 29.6 Å². The van der Waals surface area contributed by atoms with Crippen molar-refractivity contribution >= 4 is 33.1 Å². The minimum Gasteiger partial charge on any atom is -0.364 e. The molecule has 1 aromatic carbocycles. The van der Waals surface area contributed by atoms with Gasteiger partial charge in [0, 0.05) is 18.2 Å². The second-order valence-corrected chi connectivity index (χ2v) is 7.00. The van der Waals surface area contributed by atoms with Gasteiger partial charge in [0.15, 0.2) is 0 Å². The van der Waals surface area contributed by atoms with Crippen molar-refractivity contribution in [3.63, 3.8) is 0 Å². The maximum atomic E-state index is 12.2. The largest absolute Gasteiger partial charge is 0.364 e. The first kappa shape index (κ1) is 15.4. The molecule has 3 N–H and O–H groups in total. The van der Waals surface area contributed by atoms with Crippen molar-refractivity contribution in [3.8, 4) is 0 Å². The van der Waals surface area contributed by atoms with E-state index in [0.717, 1.165) is 33.8 Å². The second kappa shape index (κ2) is 6.32. The molecule has 1 aromatic heterocycles. The number of carbonyl (C=O) groups is 1. The lowest BCUT2D eigenvalue weighted by atomic mass is 10.2. The molecule has 2 atom stereocenters. The number of nitrogens with one attached hydrogen (secondary N) is 1. The monoisotopic (exact) mass is 319 g/mol. The van der Waals surface area contributed by atoms with E-state index < -0.39 is 6.10 Å². The lowest BCUT2D eigenvalue weighted by molar-refractivity contribution is -0.126. The predicted octanol–water partition coefficient (Wildman–Crippen LogP) is 2.86. The molecule has 1 saturated heterocycles. The Morgan fingerprint density at radius 1 is 1.50 bits per heavy atom. The number of benzene rings is 1. The van der Waals surface area contributed by atoms with Crippen LogP contribution in [0.2, 0.25) is 0 Å². The molecule has 0 spiro atoms. The quantitative estimate of drug-likeness (QED) is 0.908. The molecule has 118 valence electrons. The third kappa shape index (κ3) is 3.14. The highest BCUT2D eigenvalue weighted by Gasteiger charge is 2.29. The SMILES string of the molecule is CC(C)c1nc2ccc(NC(=O)[C@@H]3CC[C@H](CN)O3)cc2s1. The van der Waals surface area contributed by atoms with Crippen molar-refractivity contribution in [2.45, 2.75) is 44.8 Å². The van der Waals surface area contributed by atoms with Gasteiger partial charge in [0.2, 0.25) is 0 Å². The summed E-state index contributed by atoms with van der Waals surface area (Å²) >= 11 is 1.67. The number of hydrogen-bond donors (Lipinski definition) is 2. The number of nitrogens with two attached hydrogens (primary N) is 1. The number of ether oxygens (including phenoxy) is 1. The zero-order valence-electron chi connectivity index (χ0n) is 12.8. The number of thiazole rings is 1. The van der Waals surface area contributed by atoms with Crippen LogP contribution in [0.5, 0.6) is 0 Å². The first-order valence-corrected chi connectivity index (χ1v) is 8.45. The first-order valence-electron chi connectivity index (χ1n) is 7.63. The number of amides is 1. The van der Waals surface area contributed by atoms with E-state index in [1.165, 1.54) is 0 Å². The van der Waals surface area contributed by atoms with Crippen molar-refractivity contribution in [2.75, 3.05) is 11.9 Å². The lowest BCUT2D eigenvalue weighted by Crippen LogP contribution is -2.29. The van der Waals surface area contributed by atoms with E-state index in [-0.39, 0.29) is 12.0 Å². The van der Waals surface area contributed by atoms with E-state index in [2.05, 4.69) is 24.1 Å². The zero-order valence-corrected chi connectivity index (χ0v) is 13.7. The summed E-state index contributed by atoms with van der Waals surface area (Å²) in [5, 5.41) is 4.05. The van der Waals surface area contributed by atoms with Crippen molar-refractivity contribution in [1.82, 2.24) is 4.98 Å². The highest BCUT2D eigenvalue weighted by molar-refractivity contribution is 7.18. The Labute approximate surface area is 133 Å². The number of carbonyl (C=O) groups excluding carboxylic acids is 1. The number of nitrogens with zero attached hydrogens (tertiary/aromatic N) is 1. The Bertz CT molecular complexity index is 683. The Morgan fingerprint density at radius 2 is 2.32 bits per heavy atom. The van der Waals surface area contributed by atoms with Gasteiger partial charge in [-0.2, -0.15) is 0 Å². The fourth-order valence-corrected chi connectivity index (χ4v) is 3.57. The highest BCUT2D eigenvalue weighted by atomic mass is 32.1. The van der Waals surface area contributed by atoms with Crippen LogP contribution >= 0.6 is 11.3 Å². The summed E-state index contributed by atoms with van der Waals surface area (Å²) in [6, 6.07) is 5.82. The molecule has 0 aliphatic carbocycles. The van der Waals surface area contributed by atoms with Crippen LogP contribution in [0.1, 0.15) is 37.6 Å². The summed E-state index contributed by atoms with van der Waals surface area (Å²) in [6.45, 7) is 4.73. The molecule has 1 aliphatic heterocycles. The number of rotatable bonds is 4. The lowest BCUT2D eigenvalue weighted by Gasteiger charge is -2.12. The number of anilines is 1. The van der Waals surface area contributed by atoms with E-state index in [4.69, 9.17) is 10.5 Å². The van der Waals surface area contributed by atoms with Gasteiger partial charge >= 0.3 is 0 Å². The Balaban J connectivity index is 1.72. The second-order valence-electron chi connectivity index (χ2n) is 5.94. The van der Waals surface area contributed by atoms with Gasteiger partial charge in [-0.3, -0.25) is 4.79 Å². The Morgan fingerprint density at radius 3 is 3.00 bits per heavy atom. The fraction of sp³-hybridized carbons (Fsp3) is 0.500. The first-order chi connectivity index (χ1) is 10.6. The van der Waals surface area contributed by atoms with Gasteiger partial charge in [-0.25, -0.2) is 4.98 Å². The van der Waals surface area contributed by atoms with Gasteiger partial charge in [-0.15, -0.1) is 11.3 Å². The summed E-state index contributed by atoms with van der Waals surface area (Å²) in [5.41, 5.74) is 7.34. The van der Waals surface area contributed by atoms with E-state index in [1.807, 2.05) is 18.2 Å². The van der Waals surface area contributed by atoms with Crippen molar-refractivity contribution < 1.29 is 9.53 Å². The molecule has 5 nitrogen and oxygen atoms in total. The third-order valence-corrected chi connectivity index (χ3v) is 5.15. The minimum absolute atomic E-state index is 0.00771. The molecule has 6 heteroatoms. The smallest absolute Gasteiger partial charge is 0.253 e. The molecule has 0 unspecified atom stereocenters. The normalized spacial score (nSPS) is 21.6. The summed E-state index contributed by atoms with van der Waals surface area (Å²) in [5.74, 6) is 0.319. The van der Waals surface area contributed by atoms with Crippen molar-refractivity contribution in [1.29, 1.82) is 0 Å². The van der Waals surface area contributed by atoms with Gasteiger partial charge in [-0.1, -0.05) is 13.8 Å². The third-order valence-electron chi connectivity index (χ3n) is 3.83. The fourth-order valence-electron chi connectivity index (χ4n) is 2.56. The standard InChI is InChI=1S/C16H21N3O2S/c1-9(2)16-19-12-5-3-10(7-14(12)22-16)18-15(20)13-6-4-11(8-17)21-13/h3,5,7,9,11,13H,4,6,8,17H2,1-2H3,(H,18,20)/t11-,13+/m1/s1. The Hall–Kier alpha value is -1.50. The maximum Gasteiger partial charge on any atom is 0.253 e. The molecule has 0 saturated carbocycles. The molecule has 2 heterocycles. The van der Waals surface area contributed by atoms with Crippen LogP contribution in [0.15, 0.2) is 18.2 Å². The Kier molecular flexibility index (Phi) is 4.42. The van der Waals surface area contributed by atoms with Crippen LogP contribution in [0, 0.1) is 0 Å². The average molecular weight is 319 g/mol. The molecule has 1 aliphatic rings. The molecule has 0 radical (unpaired) electrons. The average Bonchev–Trinajstić information content (AvgIpc) is 3.13. The highest BCUT2D eigenvalue weighted by Crippen LogP contribution is 2.29. The van der Waals surface area contributed by atoms with Crippen LogP contribution in [0.25, 0.3) is 10.2 Å². The molecular weight excluding hydrogens is 298 g/mol. The molecule has 3 rings (SSSR count). The van der Waals surface area contributed by atoms with Gasteiger partial charge in [0.25, 0.3) is 5.91 Å². The molecule has 0 bridgehead atoms. The van der Waals surface area contributed by atoms with Crippen LogP contribution < -0.4 is 11.1 Å². The number of hydrogen-bond acceptors (Lipinski definition) is 5.